The van der Waals surface area contributed by atoms with Gasteiger partial charge in [0, 0.05) is 18.0 Å². The van der Waals surface area contributed by atoms with Gasteiger partial charge < -0.3 is 10.1 Å². The molecule has 1 heterocycles. The number of nitrogens with one attached hydrogen (secondary N) is 1. The summed E-state index contributed by atoms with van der Waals surface area (Å²) < 4.78 is 0. The number of rotatable bonds is 3. The van der Waals surface area contributed by atoms with Crippen LogP contribution in [0.3, 0.4) is 0 Å². The third kappa shape index (κ3) is 2.44. The lowest BCUT2D eigenvalue weighted by Gasteiger charge is -2.05. The highest BCUT2D eigenvalue weighted by atomic mass is 16.3. The molecule has 3 nitrogen and oxygen atoms in total. The molecule has 0 amide bonds. The topological polar surface area (TPSA) is 48.9 Å². The van der Waals surface area contributed by atoms with Gasteiger partial charge >= 0.3 is 0 Å². The van der Waals surface area contributed by atoms with Crippen molar-refractivity contribution in [3.8, 4) is 11.4 Å². The van der Waals surface area contributed by atoms with Crippen LogP contribution in [0.2, 0.25) is 0 Å². The molecule has 2 aromatic rings. The maximum Gasteiger partial charge on any atom is 0.137 e. The van der Waals surface area contributed by atoms with E-state index < -0.39 is 0 Å². The van der Waals surface area contributed by atoms with E-state index in [-0.39, 0.29) is 6.10 Å². The minimum Gasteiger partial charge on any atom is -0.393 e. The number of H-pyrrole nitrogens is 1. The van der Waals surface area contributed by atoms with Crippen molar-refractivity contribution in [1.82, 2.24) is 9.97 Å². The van der Waals surface area contributed by atoms with Gasteiger partial charge in [-0.25, -0.2) is 4.98 Å². The van der Waals surface area contributed by atoms with Crippen LogP contribution >= 0.6 is 0 Å². The summed E-state index contributed by atoms with van der Waals surface area (Å²) in [6, 6.07) is 8.05. The maximum atomic E-state index is 9.30. The quantitative estimate of drug-likeness (QED) is 0.799. The zero-order chi connectivity index (χ0) is 10.7. The van der Waals surface area contributed by atoms with E-state index in [2.05, 4.69) is 9.97 Å². The lowest BCUT2D eigenvalue weighted by molar-refractivity contribution is 0.195. The Labute approximate surface area is 88.8 Å². The first kappa shape index (κ1) is 9.93. The van der Waals surface area contributed by atoms with Gasteiger partial charge in [-0.15, -0.1) is 0 Å². The normalized spacial score (nSPS) is 12.7. The molecule has 0 spiro atoms. The van der Waals surface area contributed by atoms with Crippen LogP contribution in [0.25, 0.3) is 11.4 Å². The molecule has 0 fully saturated rings. The first-order valence-electron chi connectivity index (χ1n) is 5.02. The van der Waals surface area contributed by atoms with Crippen LogP contribution in [0, 0.1) is 0 Å². The van der Waals surface area contributed by atoms with E-state index in [0.29, 0.717) is 6.42 Å². The van der Waals surface area contributed by atoms with Crippen LogP contribution in [0.5, 0.6) is 0 Å². The first-order chi connectivity index (χ1) is 7.25. The molecule has 0 aliphatic carbocycles. The number of hydrogen-bond acceptors (Lipinski definition) is 2. The van der Waals surface area contributed by atoms with E-state index in [4.69, 9.17) is 0 Å². The fourth-order valence-corrected chi connectivity index (χ4v) is 1.61. The standard InChI is InChI=1S/C12H14N2O/c1-9(15)7-10-3-2-4-11(8-10)12-13-5-6-14-12/h2-6,8-9,15H,7H2,1H3,(H,13,14). The Bertz CT molecular complexity index is 421. The second-order valence-electron chi connectivity index (χ2n) is 3.69. The fraction of sp³-hybridized carbons (Fsp3) is 0.250. The summed E-state index contributed by atoms with van der Waals surface area (Å²) in [6.07, 6.45) is 3.90. The number of aliphatic hydroxyl groups is 1. The molecule has 1 aromatic heterocycles. The minimum atomic E-state index is -0.308. The van der Waals surface area contributed by atoms with Crippen LogP contribution < -0.4 is 0 Å². The molecular formula is C12H14N2O. The predicted octanol–water partition coefficient (Wildman–Crippen LogP) is 2.00. The Morgan fingerprint density at radius 3 is 3.00 bits per heavy atom. The van der Waals surface area contributed by atoms with Crippen LogP contribution in [0.15, 0.2) is 36.7 Å². The third-order valence-corrected chi connectivity index (χ3v) is 2.23. The SMILES string of the molecule is CC(O)Cc1cccc(-c2ncc[nH]2)c1. The molecule has 0 radical (unpaired) electrons. The fourth-order valence-electron chi connectivity index (χ4n) is 1.61. The second kappa shape index (κ2) is 4.28. The number of nitrogens with zero attached hydrogens (tertiary/aromatic N) is 1. The Morgan fingerprint density at radius 1 is 1.47 bits per heavy atom. The van der Waals surface area contributed by atoms with Gasteiger partial charge in [-0.2, -0.15) is 0 Å². The Morgan fingerprint density at radius 2 is 2.33 bits per heavy atom. The summed E-state index contributed by atoms with van der Waals surface area (Å²) in [5.41, 5.74) is 2.18. The van der Waals surface area contributed by atoms with Crippen molar-refractivity contribution < 1.29 is 5.11 Å². The Balaban J connectivity index is 2.27. The molecule has 0 saturated heterocycles. The van der Waals surface area contributed by atoms with Crippen molar-refractivity contribution in [2.24, 2.45) is 0 Å². The summed E-state index contributed by atoms with van der Waals surface area (Å²) in [6.45, 7) is 1.79. The zero-order valence-electron chi connectivity index (χ0n) is 8.64. The summed E-state index contributed by atoms with van der Waals surface area (Å²) in [5, 5.41) is 9.30. The third-order valence-electron chi connectivity index (χ3n) is 2.23. The average molecular weight is 202 g/mol. The number of aromatic amines is 1. The van der Waals surface area contributed by atoms with E-state index in [9.17, 15) is 5.11 Å². The molecule has 15 heavy (non-hydrogen) atoms. The van der Waals surface area contributed by atoms with Crippen molar-refractivity contribution in [2.45, 2.75) is 19.4 Å². The van der Waals surface area contributed by atoms with Crippen LogP contribution in [0.1, 0.15) is 12.5 Å². The number of aliphatic hydroxyl groups excluding tert-OH is 1. The lowest BCUT2D eigenvalue weighted by Crippen LogP contribution is -2.03. The summed E-state index contributed by atoms with van der Waals surface area (Å²) >= 11 is 0. The van der Waals surface area contributed by atoms with Gasteiger partial charge in [0.15, 0.2) is 0 Å². The Kier molecular flexibility index (Phi) is 2.83. The van der Waals surface area contributed by atoms with Crippen LogP contribution in [0.4, 0.5) is 0 Å². The lowest BCUT2D eigenvalue weighted by atomic mass is 10.1. The molecule has 1 atom stereocenters. The number of imidazole rings is 1. The van der Waals surface area contributed by atoms with Gasteiger partial charge in [0.2, 0.25) is 0 Å². The molecule has 0 aliphatic heterocycles. The maximum absolute atomic E-state index is 9.30. The largest absolute Gasteiger partial charge is 0.393 e. The van der Waals surface area contributed by atoms with Gasteiger partial charge in [-0.05, 0) is 25.0 Å². The monoisotopic (exact) mass is 202 g/mol. The zero-order valence-corrected chi connectivity index (χ0v) is 8.64. The van der Waals surface area contributed by atoms with Crippen molar-refractivity contribution >= 4 is 0 Å². The van der Waals surface area contributed by atoms with Gasteiger partial charge in [-0.1, -0.05) is 18.2 Å². The molecule has 1 unspecified atom stereocenters. The molecule has 1 aromatic carbocycles. The van der Waals surface area contributed by atoms with Crippen molar-refractivity contribution in [3.63, 3.8) is 0 Å². The number of benzene rings is 1. The molecule has 2 rings (SSSR count). The van der Waals surface area contributed by atoms with Crippen molar-refractivity contribution in [1.29, 1.82) is 0 Å². The number of hydrogen-bond donors (Lipinski definition) is 2. The van der Waals surface area contributed by atoms with Crippen LogP contribution in [-0.2, 0) is 6.42 Å². The van der Waals surface area contributed by atoms with E-state index in [0.717, 1.165) is 17.0 Å². The van der Waals surface area contributed by atoms with E-state index in [1.807, 2.05) is 24.3 Å². The second-order valence-corrected chi connectivity index (χ2v) is 3.69. The summed E-state index contributed by atoms with van der Waals surface area (Å²) in [4.78, 5) is 7.25. The minimum absolute atomic E-state index is 0.308. The number of aromatic nitrogens is 2. The Hall–Kier alpha value is -1.61. The predicted molar refractivity (Wildman–Crippen MR) is 59.4 cm³/mol. The highest BCUT2D eigenvalue weighted by molar-refractivity contribution is 5.55. The van der Waals surface area contributed by atoms with Crippen molar-refractivity contribution in [2.75, 3.05) is 0 Å². The molecule has 0 aliphatic rings. The van der Waals surface area contributed by atoms with Gasteiger partial charge in [0.1, 0.15) is 5.82 Å². The molecule has 78 valence electrons. The van der Waals surface area contributed by atoms with E-state index in [1.165, 1.54) is 0 Å². The van der Waals surface area contributed by atoms with Crippen LogP contribution in [-0.4, -0.2) is 21.2 Å². The molecule has 0 bridgehead atoms. The molecular weight excluding hydrogens is 188 g/mol. The highest BCUT2D eigenvalue weighted by Gasteiger charge is 2.03. The first-order valence-corrected chi connectivity index (χ1v) is 5.02. The smallest absolute Gasteiger partial charge is 0.137 e. The summed E-state index contributed by atoms with van der Waals surface area (Å²) in [5.74, 6) is 0.863. The molecule has 2 N–H and O–H groups in total. The molecule has 3 heteroatoms. The van der Waals surface area contributed by atoms with E-state index in [1.54, 1.807) is 19.3 Å². The van der Waals surface area contributed by atoms with Gasteiger partial charge in [-0.3, -0.25) is 0 Å². The van der Waals surface area contributed by atoms with E-state index >= 15 is 0 Å². The molecule has 0 saturated carbocycles. The summed E-state index contributed by atoms with van der Waals surface area (Å²) in [7, 11) is 0. The van der Waals surface area contributed by atoms with Gasteiger partial charge in [0.25, 0.3) is 0 Å². The highest BCUT2D eigenvalue weighted by Crippen LogP contribution is 2.16. The van der Waals surface area contributed by atoms with Crippen molar-refractivity contribution in [3.05, 3.63) is 42.2 Å². The van der Waals surface area contributed by atoms with Gasteiger partial charge in [0.05, 0.1) is 6.10 Å². The average Bonchev–Trinajstić information content (AvgIpc) is 2.69.